The van der Waals surface area contributed by atoms with Gasteiger partial charge in [0.25, 0.3) is 0 Å². The van der Waals surface area contributed by atoms with Crippen molar-refractivity contribution in [3.8, 4) is 0 Å². The number of hydrogen-bond acceptors (Lipinski definition) is 5. The van der Waals surface area contributed by atoms with E-state index in [0.717, 1.165) is 16.5 Å². The number of rotatable bonds is 5. The van der Waals surface area contributed by atoms with Gasteiger partial charge < -0.3 is 9.72 Å². The van der Waals surface area contributed by atoms with Gasteiger partial charge in [0.2, 0.25) is 0 Å². The summed E-state index contributed by atoms with van der Waals surface area (Å²) in [6.45, 7) is -0.232. The number of hydrogen-bond donors (Lipinski definition) is 2. The number of ether oxygens (including phenoxy) is 1. The summed E-state index contributed by atoms with van der Waals surface area (Å²) in [5, 5.41) is 4.48. The molecule has 4 rings (SSSR count). The number of Topliss-reactive ketones (excluding diaryl/α,β-unsaturated/α-hetero) is 1. The van der Waals surface area contributed by atoms with Gasteiger partial charge in [-0.15, -0.1) is 11.8 Å². The summed E-state index contributed by atoms with van der Waals surface area (Å²) in [7, 11) is 0. The molecule has 0 aliphatic carbocycles. The van der Waals surface area contributed by atoms with E-state index in [1.165, 1.54) is 0 Å². The first-order valence-electron chi connectivity index (χ1n) is 8.41. The van der Waals surface area contributed by atoms with Gasteiger partial charge in [0.1, 0.15) is 6.04 Å². The van der Waals surface area contributed by atoms with Crippen LogP contribution < -0.4 is 5.32 Å². The largest absolute Gasteiger partial charge is 0.456 e. The van der Waals surface area contributed by atoms with E-state index in [-0.39, 0.29) is 23.7 Å². The molecule has 0 spiro atoms. The lowest BCUT2D eigenvalue weighted by atomic mass is 10.1. The zero-order chi connectivity index (χ0) is 17.9. The summed E-state index contributed by atoms with van der Waals surface area (Å²) in [6.07, 6.45) is 1.91. The molecule has 0 radical (unpaired) electrons. The molecule has 6 heteroatoms. The second-order valence-corrected chi connectivity index (χ2v) is 7.25. The Morgan fingerprint density at radius 3 is 2.77 bits per heavy atom. The Hall–Kier alpha value is -2.57. The van der Waals surface area contributed by atoms with E-state index < -0.39 is 6.04 Å². The van der Waals surface area contributed by atoms with Crippen molar-refractivity contribution in [3.05, 3.63) is 71.9 Å². The number of carbonyl (C=O) groups is 2. The molecule has 1 aliphatic heterocycles. The number of benzene rings is 2. The van der Waals surface area contributed by atoms with Crippen molar-refractivity contribution in [2.75, 3.05) is 12.4 Å². The Morgan fingerprint density at radius 2 is 1.92 bits per heavy atom. The Balaban J connectivity index is 1.37. The van der Waals surface area contributed by atoms with Crippen LogP contribution in [0.15, 0.2) is 60.8 Å². The third kappa shape index (κ3) is 3.38. The highest BCUT2D eigenvalue weighted by atomic mass is 32.2. The molecular weight excluding hydrogens is 348 g/mol. The van der Waals surface area contributed by atoms with Crippen LogP contribution in [-0.2, 0) is 9.53 Å². The molecule has 132 valence electrons. The molecule has 0 saturated carbocycles. The monoisotopic (exact) mass is 366 g/mol. The Morgan fingerprint density at radius 1 is 1.08 bits per heavy atom. The average Bonchev–Trinajstić information content (AvgIpc) is 3.35. The first-order chi connectivity index (χ1) is 12.7. The van der Waals surface area contributed by atoms with Crippen LogP contribution in [0.3, 0.4) is 0 Å². The van der Waals surface area contributed by atoms with E-state index in [0.29, 0.717) is 11.3 Å². The van der Waals surface area contributed by atoms with E-state index in [1.807, 2.05) is 30.5 Å². The number of esters is 1. The quantitative estimate of drug-likeness (QED) is 0.536. The van der Waals surface area contributed by atoms with Crippen LogP contribution in [0.5, 0.6) is 0 Å². The molecule has 3 aromatic rings. The molecule has 0 unspecified atom stereocenters. The van der Waals surface area contributed by atoms with Gasteiger partial charge in [-0.2, -0.15) is 0 Å². The van der Waals surface area contributed by atoms with Gasteiger partial charge in [-0.25, -0.2) is 0 Å². The molecular formula is C20H18N2O3S. The molecule has 0 bridgehead atoms. The molecule has 5 nitrogen and oxygen atoms in total. The number of nitrogens with one attached hydrogen (secondary N) is 2. The number of carbonyl (C=O) groups excluding carboxylic acids is 2. The molecule has 1 aromatic heterocycles. The topological polar surface area (TPSA) is 71.2 Å². The van der Waals surface area contributed by atoms with Gasteiger partial charge in [-0.1, -0.05) is 42.5 Å². The lowest BCUT2D eigenvalue weighted by Crippen LogP contribution is -2.36. The molecule has 0 amide bonds. The van der Waals surface area contributed by atoms with E-state index in [1.54, 1.807) is 36.0 Å². The fourth-order valence-corrected chi connectivity index (χ4v) is 4.33. The predicted octanol–water partition coefficient (Wildman–Crippen LogP) is 3.30. The summed E-state index contributed by atoms with van der Waals surface area (Å²) in [6, 6.07) is 16.6. The number of thioether (sulfide) groups is 1. The van der Waals surface area contributed by atoms with Gasteiger partial charge >= 0.3 is 5.97 Å². The lowest BCUT2D eigenvalue weighted by molar-refractivity contribution is -0.144. The maximum Gasteiger partial charge on any atom is 0.324 e. The van der Waals surface area contributed by atoms with E-state index in [4.69, 9.17) is 4.74 Å². The Kier molecular flexibility index (Phi) is 4.77. The maximum atomic E-state index is 12.3. The van der Waals surface area contributed by atoms with Crippen LogP contribution >= 0.6 is 11.8 Å². The first-order valence-corrected chi connectivity index (χ1v) is 9.46. The molecule has 2 N–H and O–H groups in total. The molecule has 26 heavy (non-hydrogen) atoms. The van der Waals surface area contributed by atoms with Crippen LogP contribution in [0.2, 0.25) is 0 Å². The fraction of sp³-hybridized carbons (Fsp3) is 0.200. The van der Waals surface area contributed by atoms with Gasteiger partial charge in [0, 0.05) is 28.4 Å². The summed E-state index contributed by atoms with van der Waals surface area (Å²) in [5.74, 6) is 0.0351. The minimum Gasteiger partial charge on any atom is -0.456 e. The molecule has 2 heterocycles. The minimum absolute atomic E-state index is 0.0249. The number of H-pyrrole nitrogens is 1. The van der Waals surface area contributed by atoms with Crippen molar-refractivity contribution in [1.82, 2.24) is 10.3 Å². The second kappa shape index (κ2) is 7.35. The number of aromatic amines is 1. The van der Waals surface area contributed by atoms with Crippen molar-refractivity contribution in [3.63, 3.8) is 0 Å². The fourth-order valence-electron chi connectivity index (χ4n) is 3.07. The van der Waals surface area contributed by atoms with Crippen LogP contribution in [0, 0.1) is 0 Å². The third-order valence-electron chi connectivity index (χ3n) is 4.42. The standard InChI is InChI=1S/C20H18N2O3S/c23-18(13-5-2-1-3-6-13)11-25-20(24)17-12-26-19(22-17)15-7-4-8-16-14(15)9-10-21-16/h1-10,17,19,21-22H,11-12H2/t17-,19+/m1/s1. The maximum absolute atomic E-state index is 12.3. The highest BCUT2D eigenvalue weighted by Crippen LogP contribution is 2.36. The van der Waals surface area contributed by atoms with Crippen LogP contribution in [0.4, 0.5) is 0 Å². The summed E-state index contributed by atoms with van der Waals surface area (Å²) in [4.78, 5) is 27.6. The van der Waals surface area contributed by atoms with Crippen molar-refractivity contribution in [1.29, 1.82) is 0 Å². The minimum atomic E-state index is -0.414. The van der Waals surface area contributed by atoms with Crippen LogP contribution in [-0.4, -0.2) is 35.1 Å². The van der Waals surface area contributed by atoms with Crippen LogP contribution in [0.1, 0.15) is 21.3 Å². The van der Waals surface area contributed by atoms with Gasteiger partial charge in [0.15, 0.2) is 12.4 Å². The van der Waals surface area contributed by atoms with E-state index in [2.05, 4.69) is 16.4 Å². The lowest BCUT2D eigenvalue weighted by Gasteiger charge is -2.14. The second-order valence-electron chi connectivity index (χ2n) is 6.12. The van der Waals surface area contributed by atoms with Crippen molar-refractivity contribution in [2.24, 2.45) is 0 Å². The zero-order valence-corrected chi connectivity index (χ0v) is 14.8. The molecule has 1 aliphatic rings. The van der Waals surface area contributed by atoms with Crippen molar-refractivity contribution >= 4 is 34.4 Å². The third-order valence-corrected chi connectivity index (χ3v) is 5.67. The summed E-state index contributed by atoms with van der Waals surface area (Å²) >= 11 is 1.67. The summed E-state index contributed by atoms with van der Waals surface area (Å²) < 4.78 is 5.23. The highest BCUT2D eigenvalue weighted by molar-refractivity contribution is 7.99. The highest BCUT2D eigenvalue weighted by Gasteiger charge is 2.32. The van der Waals surface area contributed by atoms with Crippen molar-refractivity contribution in [2.45, 2.75) is 11.4 Å². The van der Waals surface area contributed by atoms with Gasteiger partial charge in [-0.05, 0) is 17.7 Å². The smallest absolute Gasteiger partial charge is 0.324 e. The first kappa shape index (κ1) is 16.9. The number of aromatic nitrogens is 1. The molecule has 2 aromatic carbocycles. The molecule has 1 fully saturated rings. The molecule has 1 saturated heterocycles. The molecule has 2 atom stereocenters. The van der Waals surface area contributed by atoms with E-state index in [9.17, 15) is 9.59 Å². The SMILES string of the molecule is O=C(COC(=O)[C@H]1CS[C@@H](c2cccc3[nH]ccc23)N1)c1ccccc1. The normalized spacial score (nSPS) is 19.5. The zero-order valence-electron chi connectivity index (χ0n) is 14.0. The average molecular weight is 366 g/mol. The van der Waals surface area contributed by atoms with Gasteiger partial charge in [0.05, 0.1) is 5.37 Å². The summed E-state index contributed by atoms with van der Waals surface area (Å²) in [5.41, 5.74) is 2.76. The van der Waals surface area contributed by atoms with Crippen LogP contribution in [0.25, 0.3) is 10.9 Å². The van der Waals surface area contributed by atoms with Gasteiger partial charge in [-0.3, -0.25) is 14.9 Å². The predicted molar refractivity (Wildman–Crippen MR) is 102 cm³/mol. The van der Waals surface area contributed by atoms with E-state index >= 15 is 0 Å². The van der Waals surface area contributed by atoms with Crippen molar-refractivity contribution < 1.29 is 14.3 Å². The number of fused-ring (bicyclic) bond motifs is 1. The Labute approximate surface area is 155 Å². The number of ketones is 1. The Bertz CT molecular complexity index is 938.